The van der Waals surface area contributed by atoms with Crippen LogP contribution >= 0.6 is 0 Å². The highest BCUT2D eigenvalue weighted by Gasteiger charge is 2.42. The lowest BCUT2D eigenvalue weighted by atomic mass is 10.1. The van der Waals surface area contributed by atoms with Crippen LogP contribution in [0.5, 0.6) is 11.6 Å². The van der Waals surface area contributed by atoms with Crippen molar-refractivity contribution in [2.75, 3.05) is 24.5 Å². The summed E-state index contributed by atoms with van der Waals surface area (Å²) in [6, 6.07) is 4.32. The van der Waals surface area contributed by atoms with E-state index < -0.39 is 0 Å². The molecule has 0 aliphatic carbocycles. The molecule has 0 saturated carbocycles. The molecule has 3 aromatic heterocycles. The Morgan fingerprint density at radius 3 is 2.97 bits per heavy atom. The number of aryl methyl sites for hydroxylation is 1. The van der Waals surface area contributed by atoms with Gasteiger partial charge in [-0.25, -0.2) is 15.0 Å². The fraction of sp³-hybridized carbons (Fsp3) is 0.429. The summed E-state index contributed by atoms with van der Waals surface area (Å²) < 4.78 is 6.06. The summed E-state index contributed by atoms with van der Waals surface area (Å²) in [5, 5.41) is 0. The number of likely N-dealkylation sites (tertiary alicyclic amines) is 1. The van der Waals surface area contributed by atoms with E-state index in [2.05, 4.69) is 34.7 Å². The first-order valence-electron chi connectivity index (χ1n) is 10.1. The van der Waals surface area contributed by atoms with Crippen LogP contribution in [0.2, 0.25) is 0 Å². The summed E-state index contributed by atoms with van der Waals surface area (Å²) in [5.74, 6) is 2.95. The van der Waals surface area contributed by atoms with E-state index in [4.69, 9.17) is 4.74 Å². The molecule has 2 fully saturated rings. The van der Waals surface area contributed by atoms with E-state index in [-0.39, 0.29) is 0 Å². The number of pyridine rings is 1. The predicted molar refractivity (Wildman–Crippen MR) is 109 cm³/mol. The maximum absolute atomic E-state index is 6.06. The first-order valence-corrected chi connectivity index (χ1v) is 10.1. The summed E-state index contributed by atoms with van der Waals surface area (Å²) >= 11 is 0. The van der Waals surface area contributed by atoms with Crippen LogP contribution in [-0.4, -0.2) is 55.5 Å². The number of rotatable bonds is 5. The van der Waals surface area contributed by atoms with Crippen LogP contribution in [0.25, 0.3) is 0 Å². The van der Waals surface area contributed by atoms with Crippen molar-refractivity contribution in [1.29, 1.82) is 0 Å². The predicted octanol–water partition coefficient (Wildman–Crippen LogP) is 2.71. The average Bonchev–Trinajstić information content (AvgIpc) is 3.44. The molecule has 0 aromatic carbocycles. The van der Waals surface area contributed by atoms with Gasteiger partial charge < -0.3 is 14.6 Å². The molecule has 8 nitrogen and oxygen atoms in total. The number of aromatic amines is 1. The van der Waals surface area contributed by atoms with Crippen LogP contribution in [0, 0.1) is 19.8 Å². The average molecular weight is 391 g/mol. The smallest absolute Gasteiger partial charge is 0.227 e. The lowest BCUT2D eigenvalue weighted by Gasteiger charge is -2.25. The van der Waals surface area contributed by atoms with Crippen LogP contribution in [0.15, 0.2) is 37.2 Å². The molecular formula is C21H25N7O. The second-order valence-electron chi connectivity index (χ2n) is 7.88. The van der Waals surface area contributed by atoms with Gasteiger partial charge in [0.05, 0.1) is 17.6 Å². The van der Waals surface area contributed by atoms with Crippen molar-refractivity contribution in [3.8, 4) is 11.6 Å². The molecule has 2 saturated heterocycles. The summed E-state index contributed by atoms with van der Waals surface area (Å²) in [5.41, 5.74) is 2.98. The quantitative estimate of drug-likeness (QED) is 0.716. The molecule has 150 valence electrons. The van der Waals surface area contributed by atoms with Gasteiger partial charge in [0.1, 0.15) is 12.1 Å². The minimum Gasteiger partial charge on any atom is -0.437 e. The molecule has 29 heavy (non-hydrogen) atoms. The fourth-order valence-electron chi connectivity index (χ4n) is 4.54. The van der Waals surface area contributed by atoms with E-state index >= 15 is 0 Å². The Morgan fingerprint density at radius 1 is 1.21 bits per heavy atom. The van der Waals surface area contributed by atoms with Gasteiger partial charge in [0.25, 0.3) is 0 Å². The molecular weight excluding hydrogens is 366 g/mol. The molecule has 0 spiro atoms. The Morgan fingerprint density at radius 2 is 2.14 bits per heavy atom. The van der Waals surface area contributed by atoms with E-state index in [1.54, 1.807) is 18.9 Å². The molecule has 0 bridgehead atoms. The van der Waals surface area contributed by atoms with Gasteiger partial charge in [0.2, 0.25) is 5.88 Å². The van der Waals surface area contributed by atoms with Gasteiger partial charge in [0.15, 0.2) is 5.75 Å². The second-order valence-corrected chi connectivity index (χ2v) is 7.88. The maximum Gasteiger partial charge on any atom is 0.227 e. The van der Waals surface area contributed by atoms with E-state index in [1.807, 2.05) is 32.2 Å². The van der Waals surface area contributed by atoms with Gasteiger partial charge >= 0.3 is 0 Å². The topological polar surface area (TPSA) is 83.1 Å². The first-order chi connectivity index (χ1) is 14.2. The van der Waals surface area contributed by atoms with Gasteiger partial charge in [-0.05, 0) is 44.9 Å². The Hall–Kier alpha value is -3.00. The molecule has 8 heteroatoms. The SMILES string of the molecule is Cc1ncccc1Oc1ncnc(N2C[C@@H]3CCN(Cc4cnc[nH]4)[C@@H]3C2)c1C. The number of H-pyrrole nitrogens is 1. The van der Waals surface area contributed by atoms with Crippen molar-refractivity contribution in [3.63, 3.8) is 0 Å². The van der Waals surface area contributed by atoms with E-state index in [0.29, 0.717) is 17.8 Å². The molecule has 3 aromatic rings. The second kappa shape index (κ2) is 7.44. The molecule has 2 atom stereocenters. The monoisotopic (exact) mass is 391 g/mol. The third-order valence-corrected chi connectivity index (χ3v) is 6.07. The number of anilines is 1. The summed E-state index contributed by atoms with van der Waals surface area (Å²) in [7, 11) is 0. The van der Waals surface area contributed by atoms with Gasteiger partial charge in [-0.15, -0.1) is 0 Å². The zero-order valence-corrected chi connectivity index (χ0v) is 16.7. The van der Waals surface area contributed by atoms with Crippen molar-refractivity contribution in [3.05, 3.63) is 54.1 Å². The number of hydrogen-bond donors (Lipinski definition) is 1. The van der Waals surface area contributed by atoms with Crippen LogP contribution < -0.4 is 9.64 Å². The van der Waals surface area contributed by atoms with Crippen LogP contribution in [0.1, 0.15) is 23.4 Å². The minimum absolute atomic E-state index is 0.539. The van der Waals surface area contributed by atoms with Crippen molar-refractivity contribution in [2.45, 2.75) is 32.9 Å². The highest BCUT2D eigenvalue weighted by atomic mass is 16.5. The van der Waals surface area contributed by atoms with Crippen molar-refractivity contribution in [2.24, 2.45) is 5.92 Å². The standard InChI is InChI=1S/C21H25N7O/c1-14-20(25-13-26-21(14)29-19-4-3-6-23-15(19)2)28-9-16-5-7-27(18(16)11-28)10-17-8-22-12-24-17/h3-4,6,8,12-13,16,18H,5,7,9-11H2,1-2H3,(H,22,24)/t16-,18+/m0/s1. The van der Waals surface area contributed by atoms with Crippen molar-refractivity contribution >= 4 is 5.82 Å². The number of nitrogens with zero attached hydrogens (tertiary/aromatic N) is 6. The summed E-state index contributed by atoms with van der Waals surface area (Å²) in [6.07, 6.45) is 8.24. The maximum atomic E-state index is 6.06. The summed E-state index contributed by atoms with van der Waals surface area (Å²) in [6.45, 7) is 8.02. The number of nitrogens with one attached hydrogen (secondary N) is 1. The molecule has 2 aliphatic heterocycles. The minimum atomic E-state index is 0.539. The molecule has 1 N–H and O–H groups in total. The Bertz CT molecular complexity index is 990. The highest BCUT2D eigenvalue weighted by molar-refractivity contribution is 5.52. The Kier molecular flexibility index (Phi) is 4.63. The normalized spacial score (nSPS) is 21.5. The number of ether oxygens (including phenoxy) is 1. The Balaban J connectivity index is 1.34. The lowest BCUT2D eigenvalue weighted by Crippen LogP contribution is -2.35. The highest BCUT2D eigenvalue weighted by Crippen LogP contribution is 2.37. The summed E-state index contributed by atoms with van der Waals surface area (Å²) in [4.78, 5) is 25.6. The van der Waals surface area contributed by atoms with Crippen molar-refractivity contribution < 1.29 is 4.74 Å². The van der Waals surface area contributed by atoms with E-state index in [0.717, 1.165) is 49.0 Å². The van der Waals surface area contributed by atoms with Crippen molar-refractivity contribution in [1.82, 2.24) is 29.8 Å². The first kappa shape index (κ1) is 18.1. The Labute approximate surface area is 170 Å². The largest absolute Gasteiger partial charge is 0.437 e. The van der Waals surface area contributed by atoms with Gasteiger partial charge in [-0.3, -0.25) is 9.88 Å². The fourth-order valence-corrected chi connectivity index (χ4v) is 4.54. The zero-order chi connectivity index (χ0) is 19.8. The number of aromatic nitrogens is 5. The van der Waals surface area contributed by atoms with Crippen LogP contribution in [-0.2, 0) is 6.54 Å². The molecule has 0 radical (unpaired) electrons. The molecule has 2 aliphatic rings. The third-order valence-electron chi connectivity index (χ3n) is 6.07. The van der Waals surface area contributed by atoms with Crippen LogP contribution in [0.4, 0.5) is 5.82 Å². The van der Waals surface area contributed by atoms with Crippen LogP contribution in [0.3, 0.4) is 0 Å². The van der Waals surface area contributed by atoms with E-state index in [9.17, 15) is 0 Å². The molecule has 0 amide bonds. The molecule has 5 rings (SSSR count). The number of hydrogen-bond acceptors (Lipinski definition) is 7. The van der Waals surface area contributed by atoms with Gasteiger partial charge in [-0.1, -0.05) is 0 Å². The molecule has 5 heterocycles. The number of fused-ring (bicyclic) bond motifs is 1. The lowest BCUT2D eigenvalue weighted by molar-refractivity contribution is 0.243. The zero-order valence-electron chi connectivity index (χ0n) is 16.7. The molecule has 0 unspecified atom stereocenters. The third kappa shape index (κ3) is 3.44. The van der Waals surface area contributed by atoms with Gasteiger partial charge in [0, 0.05) is 43.8 Å². The number of imidazole rings is 1. The van der Waals surface area contributed by atoms with Gasteiger partial charge in [-0.2, -0.15) is 0 Å². The van der Waals surface area contributed by atoms with E-state index in [1.165, 1.54) is 12.1 Å².